The third-order valence-electron chi connectivity index (χ3n) is 3.81. The molecule has 0 saturated carbocycles. The van der Waals surface area contributed by atoms with Gasteiger partial charge in [0.15, 0.2) is 0 Å². The van der Waals surface area contributed by atoms with E-state index >= 15 is 0 Å². The Morgan fingerprint density at radius 3 is 2.57 bits per heavy atom. The number of benzene rings is 1. The number of alkyl halides is 3. The van der Waals surface area contributed by atoms with Gasteiger partial charge in [-0.3, -0.25) is 0 Å². The van der Waals surface area contributed by atoms with E-state index in [1.165, 1.54) is 0 Å². The van der Waals surface area contributed by atoms with Crippen molar-refractivity contribution in [1.29, 1.82) is 0 Å². The molecule has 2 rings (SSSR count). The lowest BCUT2D eigenvalue weighted by atomic mass is 9.95. The fourth-order valence-corrected chi connectivity index (χ4v) is 2.43. The van der Waals surface area contributed by atoms with Gasteiger partial charge in [-0.15, -0.1) is 0 Å². The highest BCUT2D eigenvalue weighted by Crippen LogP contribution is 2.34. The van der Waals surface area contributed by atoms with Crippen molar-refractivity contribution in [3.05, 3.63) is 29.3 Å². The molecule has 0 spiro atoms. The maximum absolute atomic E-state index is 12.7. The summed E-state index contributed by atoms with van der Waals surface area (Å²) in [4.78, 5) is 12.9. The first-order valence-electron chi connectivity index (χ1n) is 6.57. The molecule has 2 unspecified atom stereocenters. The Bertz CT molecular complexity index is 545. The predicted octanol–water partition coefficient (Wildman–Crippen LogP) is 2.61. The topological polar surface area (TPSA) is 60.8 Å². The van der Waals surface area contributed by atoms with Gasteiger partial charge in [0, 0.05) is 13.1 Å². The Morgan fingerprint density at radius 1 is 1.38 bits per heavy atom. The number of hydrogen-bond donors (Lipinski definition) is 2. The normalized spacial score (nSPS) is 23.2. The molecule has 1 heterocycles. The smallest absolute Gasteiger partial charge is 0.416 e. The van der Waals surface area contributed by atoms with Crippen molar-refractivity contribution in [2.75, 3.05) is 18.0 Å². The lowest BCUT2D eigenvalue weighted by Crippen LogP contribution is -2.43. The summed E-state index contributed by atoms with van der Waals surface area (Å²) in [5.74, 6) is -1.33. The number of hydrogen-bond acceptors (Lipinski definition) is 3. The zero-order valence-electron chi connectivity index (χ0n) is 11.4. The van der Waals surface area contributed by atoms with Gasteiger partial charge in [0.05, 0.1) is 22.9 Å². The van der Waals surface area contributed by atoms with E-state index in [4.69, 9.17) is 5.11 Å². The van der Waals surface area contributed by atoms with E-state index in [1.807, 2.05) is 6.92 Å². The molecule has 7 heteroatoms. The Morgan fingerprint density at radius 2 is 2.05 bits per heavy atom. The summed E-state index contributed by atoms with van der Waals surface area (Å²) >= 11 is 0. The molecule has 1 aliphatic rings. The molecule has 1 aromatic carbocycles. The van der Waals surface area contributed by atoms with Gasteiger partial charge in [-0.1, -0.05) is 6.92 Å². The van der Waals surface area contributed by atoms with Crippen LogP contribution >= 0.6 is 0 Å². The lowest BCUT2D eigenvalue weighted by molar-refractivity contribution is -0.137. The number of aliphatic hydroxyl groups is 1. The highest BCUT2D eigenvalue weighted by Gasteiger charge is 2.33. The van der Waals surface area contributed by atoms with Crippen LogP contribution in [0.25, 0.3) is 0 Å². The molecule has 0 bridgehead atoms. The van der Waals surface area contributed by atoms with Gasteiger partial charge in [-0.25, -0.2) is 4.79 Å². The van der Waals surface area contributed by atoms with Crippen LogP contribution in [0.5, 0.6) is 0 Å². The number of β-amino-alcohol motifs (C(OH)–C–C–N with tert-alkyl or cyclic N) is 1. The van der Waals surface area contributed by atoms with Crippen LogP contribution in [0.15, 0.2) is 18.2 Å². The minimum atomic E-state index is -4.58. The highest BCUT2D eigenvalue weighted by molar-refractivity contribution is 5.94. The quantitative estimate of drug-likeness (QED) is 0.881. The van der Waals surface area contributed by atoms with Crippen LogP contribution in [0.1, 0.15) is 29.3 Å². The van der Waals surface area contributed by atoms with Crippen LogP contribution < -0.4 is 4.90 Å². The van der Waals surface area contributed by atoms with Crippen molar-refractivity contribution >= 4 is 11.7 Å². The maximum Gasteiger partial charge on any atom is 0.416 e. The van der Waals surface area contributed by atoms with E-state index in [9.17, 15) is 23.1 Å². The molecule has 0 amide bonds. The maximum atomic E-state index is 12.7. The van der Waals surface area contributed by atoms with Gasteiger partial charge in [0.1, 0.15) is 0 Å². The summed E-state index contributed by atoms with van der Waals surface area (Å²) in [7, 11) is 0. The Hall–Kier alpha value is -1.76. The molecule has 21 heavy (non-hydrogen) atoms. The summed E-state index contributed by atoms with van der Waals surface area (Å²) in [6, 6.07) is 2.67. The second-order valence-corrected chi connectivity index (χ2v) is 5.31. The van der Waals surface area contributed by atoms with Crippen LogP contribution in [0.3, 0.4) is 0 Å². The van der Waals surface area contributed by atoms with Crippen molar-refractivity contribution < 1.29 is 28.2 Å². The fourth-order valence-electron chi connectivity index (χ4n) is 2.43. The molecule has 1 aliphatic heterocycles. The van der Waals surface area contributed by atoms with Crippen molar-refractivity contribution in [2.45, 2.75) is 25.6 Å². The van der Waals surface area contributed by atoms with Gasteiger partial charge in [0.25, 0.3) is 0 Å². The third kappa shape index (κ3) is 3.29. The largest absolute Gasteiger partial charge is 0.478 e. The number of aliphatic hydroxyl groups excluding tert-OH is 1. The summed E-state index contributed by atoms with van der Waals surface area (Å²) < 4.78 is 38.0. The van der Waals surface area contributed by atoms with Crippen LogP contribution in [0, 0.1) is 5.92 Å². The van der Waals surface area contributed by atoms with Crippen LogP contribution in [-0.4, -0.2) is 35.4 Å². The average Bonchev–Trinajstić information content (AvgIpc) is 2.40. The van der Waals surface area contributed by atoms with E-state index in [0.29, 0.717) is 19.0 Å². The molecular weight excluding hydrogens is 287 g/mol. The van der Waals surface area contributed by atoms with Crippen molar-refractivity contribution in [3.8, 4) is 0 Å². The number of aromatic carboxylic acids is 1. The van der Waals surface area contributed by atoms with E-state index < -0.39 is 29.4 Å². The van der Waals surface area contributed by atoms with Crippen molar-refractivity contribution in [2.24, 2.45) is 5.92 Å². The second kappa shape index (κ2) is 5.55. The minimum absolute atomic E-state index is 0.0870. The van der Waals surface area contributed by atoms with Gasteiger partial charge >= 0.3 is 12.1 Å². The van der Waals surface area contributed by atoms with Crippen LogP contribution in [0.4, 0.5) is 18.9 Å². The molecule has 0 aliphatic carbocycles. The molecule has 4 nitrogen and oxygen atoms in total. The van der Waals surface area contributed by atoms with Crippen molar-refractivity contribution in [3.63, 3.8) is 0 Å². The van der Waals surface area contributed by atoms with E-state index in [2.05, 4.69) is 0 Å². The van der Waals surface area contributed by atoms with Gasteiger partial charge in [-0.05, 0) is 30.5 Å². The Labute approximate surface area is 119 Å². The Kier molecular flexibility index (Phi) is 4.13. The molecule has 2 atom stereocenters. The third-order valence-corrected chi connectivity index (χ3v) is 3.81. The number of carbonyl (C=O) groups is 1. The van der Waals surface area contributed by atoms with Crippen LogP contribution in [0.2, 0.25) is 0 Å². The molecule has 2 N–H and O–H groups in total. The highest BCUT2D eigenvalue weighted by atomic mass is 19.4. The molecule has 0 radical (unpaired) electrons. The zero-order chi connectivity index (χ0) is 15.8. The first-order valence-corrected chi connectivity index (χ1v) is 6.57. The van der Waals surface area contributed by atoms with E-state index in [0.717, 1.165) is 12.1 Å². The standard InChI is InChI=1S/C14H16F3NO3/c1-8-4-5-18(7-12(8)19)11-3-2-9(14(15,16)17)6-10(11)13(20)21/h2-3,6,8,12,19H,4-5,7H2,1H3,(H,20,21). The summed E-state index contributed by atoms with van der Waals surface area (Å²) in [6.07, 6.45) is -4.55. The lowest BCUT2D eigenvalue weighted by Gasteiger charge is -2.36. The molecule has 116 valence electrons. The molecule has 1 fully saturated rings. The first-order chi connectivity index (χ1) is 9.70. The predicted molar refractivity (Wildman–Crippen MR) is 70.4 cm³/mol. The summed E-state index contributed by atoms with van der Waals surface area (Å²) in [5.41, 5.74) is -1.18. The number of anilines is 1. The second-order valence-electron chi connectivity index (χ2n) is 5.31. The van der Waals surface area contributed by atoms with Gasteiger partial charge in [-0.2, -0.15) is 13.2 Å². The fraction of sp³-hybridized carbons (Fsp3) is 0.500. The average molecular weight is 303 g/mol. The van der Waals surface area contributed by atoms with Crippen LogP contribution in [-0.2, 0) is 6.18 Å². The van der Waals surface area contributed by atoms with Gasteiger partial charge in [0.2, 0.25) is 0 Å². The Balaban J connectivity index is 2.38. The SMILES string of the molecule is CC1CCN(c2ccc(C(F)(F)F)cc2C(=O)O)CC1O. The van der Waals surface area contributed by atoms with E-state index in [-0.39, 0.29) is 18.2 Å². The summed E-state index contributed by atoms with van der Waals surface area (Å²) in [5, 5.41) is 19.0. The zero-order valence-corrected chi connectivity index (χ0v) is 11.4. The number of nitrogens with zero attached hydrogens (tertiary/aromatic N) is 1. The minimum Gasteiger partial charge on any atom is -0.478 e. The monoisotopic (exact) mass is 303 g/mol. The number of carboxylic acids is 1. The molecule has 0 aromatic heterocycles. The molecule has 1 aromatic rings. The van der Waals surface area contributed by atoms with Crippen molar-refractivity contribution in [1.82, 2.24) is 0 Å². The summed E-state index contributed by atoms with van der Waals surface area (Å²) in [6.45, 7) is 2.60. The first kappa shape index (κ1) is 15.6. The molecular formula is C14H16F3NO3. The van der Waals surface area contributed by atoms with E-state index in [1.54, 1.807) is 4.90 Å². The number of halogens is 3. The number of piperidine rings is 1. The number of carboxylic acid groups (broad SMARTS) is 1. The van der Waals surface area contributed by atoms with Gasteiger partial charge < -0.3 is 15.1 Å². The number of rotatable bonds is 2. The molecule has 1 saturated heterocycles.